The van der Waals surface area contributed by atoms with Crippen molar-refractivity contribution >= 4 is 37.2 Å². The number of aromatic nitrogens is 2. The predicted octanol–water partition coefficient (Wildman–Crippen LogP) is 5.76. The van der Waals surface area contributed by atoms with Gasteiger partial charge in [0, 0.05) is 45.0 Å². The molecule has 37 heavy (non-hydrogen) atoms. The van der Waals surface area contributed by atoms with Crippen molar-refractivity contribution in [2.45, 2.75) is 70.9 Å². The van der Waals surface area contributed by atoms with E-state index in [-0.39, 0.29) is 24.8 Å². The van der Waals surface area contributed by atoms with Crippen LogP contribution < -0.4 is 5.32 Å². The fourth-order valence-electron chi connectivity index (χ4n) is 4.63. The number of ether oxygens (including phenoxy) is 2. The smallest absolute Gasteiger partial charge is 0.410 e. The Hall–Kier alpha value is -3.17. The number of hydrogen-bond donors (Lipinski definition) is 1. The summed E-state index contributed by atoms with van der Waals surface area (Å²) in [5, 5.41) is 4.45. The van der Waals surface area contributed by atoms with Gasteiger partial charge in [0.15, 0.2) is 6.29 Å². The van der Waals surface area contributed by atoms with Crippen LogP contribution in [-0.4, -0.2) is 60.1 Å². The minimum absolute atomic E-state index is 0.0290. The number of nitrogens with one attached hydrogen (secondary N) is 1. The molecule has 0 unspecified atom stereocenters. The maximum Gasteiger partial charge on any atom is 0.410 e. The van der Waals surface area contributed by atoms with Crippen molar-refractivity contribution in [3.8, 4) is 0 Å². The first-order chi connectivity index (χ1) is 17.8. The predicted molar refractivity (Wildman–Crippen MR) is 149 cm³/mol. The molecule has 2 aromatic heterocycles. The maximum atomic E-state index is 12.9. The van der Waals surface area contributed by atoms with E-state index >= 15 is 0 Å². The molecular formula is C28H38N4O4Si. The summed E-state index contributed by atoms with van der Waals surface area (Å²) in [6.45, 7) is 11.1. The Morgan fingerprint density at radius 1 is 1.22 bits per heavy atom. The first-order valence-corrected chi connectivity index (χ1v) is 16.7. The number of pyridine rings is 1. The molecule has 0 aliphatic carbocycles. The number of nitrogens with zero attached hydrogens (tertiary/aromatic N) is 3. The molecule has 0 bridgehead atoms. The van der Waals surface area contributed by atoms with Crippen molar-refractivity contribution < 1.29 is 19.1 Å². The average Bonchev–Trinajstić information content (AvgIpc) is 3.30. The molecule has 8 nitrogen and oxygen atoms in total. The summed E-state index contributed by atoms with van der Waals surface area (Å²) >= 11 is 0. The molecule has 3 aromatic rings. The van der Waals surface area contributed by atoms with E-state index in [0.717, 1.165) is 54.1 Å². The number of hydrogen-bond acceptors (Lipinski definition) is 6. The van der Waals surface area contributed by atoms with Gasteiger partial charge in [0.05, 0.1) is 17.3 Å². The Labute approximate surface area is 220 Å². The highest BCUT2D eigenvalue weighted by Gasteiger charge is 2.33. The third-order valence-corrected chi connectivity index (χ3v) is 8.63. The quantitative estimate of drug-likeness (QED) is 0.207. The number of fused-ring (bicyclic) bond motifs is 1. The Balaban J connectivity index is 1.45. The maximum absolute atomic E-state index is 12.9. The molecule has 0 radical (unpaired) electrons. The summed E-state index contributed by atoms with van der Waals surface area (Å²) in [5.74, 6) is 0. The van der Waals surface area contributed by atoms with E-state index in [0.29, 0.717) is 18.8 Å². The highest BCUT2D eigenvalue weighted by Crippen LogP contribution is 2.30. The number of amides is 1. The van der Waals surface area contributed by atoms with Crippen molar-refractivity contribution in [3.63, 3.8) is 0 Å². The summed E-state index contributed by atoms with van der Waals surface area (Å²) in [7, 11) is -1.16. The molecular weight excluding hydrogens is 484 g/mol. The van der Waals surface area contributed by atoms with E-state index in [9.17, 15) is 9.59 Å². The Morgan fingerprint density at radius 3 is 2.73 bits per heavy atom. The second-order valence-electron chi connectivity index (χ2n) is 10.9. The number of piperidine rings is 1. The number of carbonyl (C=O) groups excluding carboxylic acids is 2. The molecule has 4 rings (SSSR count). The van der Waals surface area contributed by atoms with Crippen LogP contribution in [-0.2, 0) is 22.8 Å². The molecule has 1 fully saturated rings. The Morgan fingerprint density at radius 2 is 2.00 bits per heavy atom. The molecule has 1 saturated heterocycles. The number of likely N-dealkylation sites (tertiary alicyclic amines) is 1. The summed E-state index contributed by atoms with van der Waals surface area (Å²) in [6.07, 6.45) is 5.79. The second-order valence-corrected chi connectivity index (χ2v) is 16.6. The monoisotopic (exact) mass is 522 g/mol. The third-order valence-electron chi connectivity index (χ3n) is 6.93. The average molecular weight is 523 g/mol. The van der Waals surface area contributed by atoms with Crippen LogP contribution in [0.25, 0.3) is 11.0 Å². The zero-order chi connectivity index (χ0) is 26.4. The largest absolute Gasteiger partial charge is 0.445 e. The van der Waals surface area contributed by atoms with E-state index in [1.807, 2.05) is 54.1 Å². The lowest BCUT2D eigenvalue weighted by atomic mass is 9.97. The highest BCUT2D eigenvalue weighted by molar-refractivity contribution is 6.76. The van der Waals surface area contributed by atoms with Gasteiger partial charge in [-0.2, -0.15) is 0 Å². The lowest BCUT2D eigenvalue weighted by Crippen LogP contribution is -2.52. The summed E-state index contributed by atoms with van der Waals surface area (Å²) in [4.78, 5) is 31.1. The van der Waals surface area contributed by atoms with Gasteiger partial charge in [-0.3, -0.25) is 4.79 Å². The first kappa shape index (κ1) is 26.9. The Kier molecular flexibility index (Phi) is 8.66. The molecule has 2 atom stereocenters. The molecule has 198 valence electrons. The van der Waals surface area contributed by atoms with Crippen molar-refractivity contribution in [1.82, 2.24) is 14.5 Å². The van der Waals surface area contributed by atoms with Gasteiger partial charge in [-0.15, -0.1) is 0 Å². The highest BCUT2D eigenvalue weighted by atomic mass is 28.3. The van der Waals surface area contributed by atoms with E-state index in [4.69, 9.17) is 9.47 Å². The fraction of sp³-hybridized carbons (Fsp3) is 0.464. The van der Waals surface area contributed by atoms with Gasteiger partial charge >= 0.3 is 6.09 Å². The minimum atomic E-state index is -1.16. The van der Waals surface area contributed by atoms with Crippen molar-refractivity contribution in [2.24, 2.45) is 0 Å². The first-order valence-electron chi connectivity index (χ1n) is 13.0. The van der Waals surface area contributed by atoms with Crippen molar-refractivity contribution in [2.75, 3.05) is 18.5 Å². The van der Waals surface area contributed by atoms with Gasteiger partial charge in [-0.05, 0) is 37.4 Å². The number of aldehydes is 1. The number of rotatable bonds is 10. The molecule has 1 aliphatic rings. The Bertz CT molecular complexity index is 1210. The van der Waals surface area contributed by atoms with Crippen LogP contribution in [0, 0.1) is 0 Å². The summed E-state index contributed by atoms with van der Waals surface area (Å²) in [6, 6.07) is 12.6. The third kappa shape index (κ3) is 6.78. The number of anilines is 1. The molecule has 0 saturated carbocycles. The lowest BCUT2D eigenvalue weighted by molar-refractivity contribution is 0.0687. The van der Waals surface area contributed by atoms with Crippen LogP contribution in [0.4, 0.5) is 10.5 Å². The number of benzene rings is 1. The van der Waals surface area contributed by atoms with Crippen molar-refractivity contribution in [3.05, 3.63) is 59.9 Å². The lowest BCUT2D eigenvalue weighted by Gasteiger charge is -2.39. The zero-order valence-electron chi connectivity index (χ0n) is 22.3. The minimum Gasteiger partial charge on any atom is -0.445 e. The normalized spacial score (nSPS) is 18.1. The summed E-state index contributed by atoms with van der Waals surface area (Å²) in [5.41, 5.74) is 2.97. The van der Waals surface area contributed by atoms with Crippen molar-refractivity contribution in [1.29, 1.82) is 0 Å². The van der Waals surface area contributed by atoms with E-state index in [2.05, 4.69) is 29.9 Å². The number of carbonyl (C=O) groups is 2. The molecule has 1 N–H and O–H groups in total. The SMILES string of the molecule is C[C@@H]1[C@H](Nc2c(C=O)cnc3c2ccn3COCC[Si](C)(C)C)CCCN1C(=O)OCc1ccccc1. The van der Waals surface area contributed by atoms with Crippen LogP contribution in [0.1, 0.15) is 35.7 Å². The van der Waals surface area contributed by atoms with Gasteiger partial charge in [-0.25, -0.2) is 9.78 Å². The fourth-order valence-corrected chi connectivity index (χ4v) is 5.39. The summed E-state index contributed by atoms with van der Waals surface area (Å²) < 4.78 is 13.5. The van der Waals surface area contributed by atoms with Gasteiger partial charge < -0.3 is 24.3 Å². The van der Waals surface area contributed by atoms with Gasteiger partial charge in [0.1, 0.15) is 19.0 Å². The van der Waals surface area contributed by atoms with Crippen LogP contribution >= 0.6 is 0 Å². The molecule has 9 heteroatoms. The van der Waals surface area contributed by atoms with Gasteiger partial charge in [-0.1, -0.05) is 50.0 Å². The zero-order valence-corrected chi connectivity index (χ0v) is 23.3. The van der Waals surface area contributed by atoms with Gasteiger partial charge in [0.25, 0.3) is 0 Å². The molecule has 1 aliphatic heterocycles. The topological polar surface area (TPSA) is 85.7 Å². The van der Waals surface area contributed by atoms with Crippen LogP contribution in [0.5, 0.6) is 0 Å². The van der Waals surface area contributed by atoms with E-state index < -0.39 is 8.07 Å². The van der Waals surface area contributed by atoms with Crippen LogP contribution in [0.2, 0.25) is 25.7 Å². The molecule has 1 amide bonds. The molecule has 1 aromatic carbocycles. The molecule has 0 spiro atoms. The van der Waals surface area contributed by atoms with E-state index in [1.54, 1.807) is 11.1 Å². The second kappa shape index (κ2) is 11.9. The van der Waals surface area contributed by atoms with Crippen LogP contribution in [0.3, 0.4) is 0 Å². The molecule has 3 heterocycles. The standard InChI is InChI=1S/C28H38N4O4Si/c1-21-25(11-8-13-32(21)28(34)36-19-22-9-6-5-7-10-22)30-26-23(18-33)17-29-27-24(26)12-14-31(27)20-35-15-16-37(2,3)4/h5-7,9-10,12,14,17-18,21,25H,8,11,13,15-16,19-20H2,1-4H3,(H,29,30)/t21-,25-/m1/s1. The van der Waals surface area contributed by atoms with Crippen LogP contribution in [0.15, 0.2) is 48.8 Å². The van der Waals surface area contributed by atoms with E-state index in [1.165, 1.54) is 0 Å². The van der Waals surface area contributed by atoms with Gasteiger partial charge in [0.2, 0.25) is 0 Å².